The second kappa shape index (κ2) is 14.3. The van der Waals surface area contributed by atoms with E-state index in [1.54, 1.807) is 12.1 Å². The number of fused-ring (bicyclic) bond motifs is 2. The summed E-state index contributed by atoms with van der Waals surface area (Å²) in [5, 5.41) is 8.12. The number of rotatable bonds is 8. The van der Waals surface area contributed by atoms with Crippen molar-refractivity contribution in [2.45, 2.75) is 50.6 Å². The summed E-state index contributed by atoms with van der Waals surface area (Å²) < 4.78 is 8.06. The molecule has 5 aromatic rings. The molecular formula is C41H41N9O5. The molecule has 3 fully saturated rings. The van der Waals surface area contributed by atoms with Crippen molar-refractivity contribution < 1.29 is 23.9 Å². The smallest absolute Gasteiger partial charge is 0.262 e. The Morgan fingerprint density at radius 1 is 0.782 bits per heavy atom. The summed E-state index contributed by atoms with van der Waals surface area (Å²) in [6, 6.07) is 22.1. The van der Waals surface area contributed by atoms with Gasteiger partial charge < -0.3 is 15.4 Å². The molecule has 3 N–H and O–H groups in total. The molecule has 3 aromatic carbocycles. The average Bonchev–Trinajstić information content (AvgIpc) is 3.71. The summed E-state index contributed by atoms with van der Waals surface area (Å²) in [5.41, 5.74) is 10.4. The van der Waals surface area contributed by atoms with E-state index in [2.05, 4.69) is 29.8 Å². The Labute approximate surface area is 317 Å². The van der Waals surface area contributed by atoms with E-state index in [1.807, 2.05) is 60.7 Å². The third-order valence-corrected chi connectivity index (χ3v) is 11.5. The fourth-order valence-corrected chi connectivity index (χ4v) is 8.54. The number of imide groups is 2. The maximum absolute atomic E-state index is 13.4. The zero-order chi connectivity index (χ0) is 37.6. The van der Waals surface area contributed by atoms with Crippen molar-refractivity contribution in [3.63, 3.8) is 0 Å². The molecule has 14 heteroatoms. The molecule has 2 aromatic heterocycles. The lowest BCUT2D eigenvalue weighted by Gasteiger charge is -2.39. The Balaban J connectivity index is 0.810. The van der Waals surface area contributed by atoms with E-state index in [1.165, 1.54) is 6.33 Å². The number of carbonyl (C=O) groups excluding carboxylic acids is 4. The first-order valence-electron chi connectivity index (χ1n) is 19.0. The molecule has 9 rings (SSSR count). The molecule has 0 radical (unpaired) electrons. The van der Waals surface area contributed by atoms with Crippen molar-refractivity contribution >= 4 is 46.2 Å². The highest BCUT2D eigenvalue weighted by atomic mass is 16.5. The van der Waals surface area contributed by atoms with Gasteiger partial charge in [0.05, 0.1) is 22.6 Å². The van der Waals surface area contributed by atoms with E-state index >= 15 is 0 Å². The van der Waals surface area contributed by atoms with E-state index in [0.29, 0.717) is 22.9 Å². The minimum Gasteiger partial charge on any atom is -0.457 e. The summed E-state index contributed by atoms with van der Waals surface area (Å²) in [7, 11) is 0. The van der Waals surface area contributed by atoms with Gasteiger partial charge in [0.2, 0.25) is 11.8 Å². The van der Waals surface area contributed by atoms with Gasteiger partial charge in [0.25, 0.3) is 11.8 Å². The topological polar surface area (TPSA) is 169 Å². The van der Waals surface area contributed by atoms with Crippen LogP contribution in [-0.4, -0.2) is 91.9 Å². The minimum atomic E-state index is -0.971. The van der Waals surface area contributed by atoms with Gasteiger partial charge in [-0.05, 0) is 92.6 Å². The van der Waals surface area contributed by atoms with Crippen molar-refractivity contribution in [1.82, 2.24) is 34.9 Å². The minimum absolute atomic E-state index is 0.0939. The lowest BCUT2D eigenvalue weighted by molar-refractivity contribution is -0.136. The van der Waals surface area contributed by atoms with Crippen molar-refractivity contribution in [2.75, 3.05) is 43.4 Å². The zero-order valence-electron chi connectivity index (χ0n) is 30.3. The number of hydrogen-bond donors (Lipinski definition) is 2. The summed E-state index contributed by atoms with van der Waals surface area (Å²) in [6.45, 7) is 4.41. The predicted molar refractivity (Wildman–Crippen MR) is 204 cm³/mol. The third-order valence-electron chi connectivity index (χ3n) is 11.5. The maximum atomic E-state index is 13.4. The van der Waals surface area contributed by atoms with Gasteiger partial charge in [-0.1, -0.05) is 18.2 Å². The number of anilines is 2. The summed E-state index contributed by atoms with van der Waals surface area (Å²) in [5.74, 6) is 0.535. The van der Waals surface area contributed by atoms with Crippen LogP contribution in [-0.2, 0) is 9.59 Å². The molecule has 1 aliphatic carbocycles. The van der Waals surface area contributed by atoms with E-state index in [4.69, 9.17) is 15.6 Å². The number of piperazine rings is 1. The van der Waals surface area contributed by atoms with Crippen LogP contribution < -0.4 is 20.7 Å². The number of aromatic nitrogens is 4. The second-order valence-electron chi connectivity index (χ2n) is 14.8. The molecule has 1 saturated carbocycles. The Morgan fingerprint density at radius 3 is 2.25 bits per heavy atom. The van der Waals surface area contributed by atoms with Crippen LogP contribution in [0.3, 0.4) is 0 Å². The number of nitrogens with one attached hydrogen (secondary N) is 1. The van der Waals surface area contributed by atoms with Gasteiger partial charge in [-0.2, -0.15) is 5.10 Å². The van der Waals surface area contributed by atoms with Gasteiger partial charge in [0, 0.05) is 50.4 Å². The van der Waals surface area contributed by atoms with E-state index in [9.17, 15) is 19.2 Å². The average molecular weight is 740 g/mol. The van der Waals surface area contributed by atoms with Gasteiger partial charge in [0.1, 0.15) is 35.4 Å². The number of nitrogens with two attached hydrogens (primary N) is 1. The van der Waals surface area contributed by atoms with Crippen LogP contribution in [0.15, 0.2) is 79.1 Å². The predicted octanol–water partition coefficient (Wildman–Crippen LogP) is 4.82. The second-order valence-corrected chi connectivity index (χ2v) is 14.8. The molecule has 1 unspecified atom stereocenters. The lowest BCUT2D eigenvalue weighted by atomic mass is 9.85. The van der Waals surface area contributed by atoms with Crippen LogP contribution in [0.2, 0.25) is 0 Å². The highest BCUT2D eigenvalue weighted by Crippen LogP contribution is 2.39. The standard InChI is InChI=1S/C41H41N9O5/c42-37-35-36(26-8-13-30(14-9-26)55-29-4-2-1-3-5-29)46-50(38(35)44-24-43-37)27-10-6-25(7-11-27)23-47-18-20-48(21-19-47)28-12-15-31-32(22-28)41(54)49(40(31)53)33-16-17-34(51)45-39(33)52/h1-5,8-9,12-15,22,24-25,27,33H,6-7,10-11,16-21,23H2,(H2,42,43,44)(H,45,51,52). The number of nitrogen functional groups attached to an aromatic ring is 1. The van der Waals surface area contributed by atoms with Crippen molar-refractivity contribution in [3.8, 4) is 22.8 Å². The monoisotopic (exact) mass is 739 g/mol. The molecule has 280 valence electrons. The van der Waals surface area contributed by atoms with Gasteiger partial charge in [-0.3, -0.25) is 34.3 Å². The highest BCUT2D eigenvalue weighted by Gasteiger charge is 2.45. The van der Waals surface area contributed by atoms with E-state index in [-0.39, 0.29) is 24.8 Å². The molecule has 5 heterocycles. The first-order chi connectivity index (χ1) is 26.8. The molecule has 1 atom stereocenters. The largest absolute Gasteiger partial charge is 0.457 e. The number of benzene rings is 3. The Hall–Kier alpha value is -6.15. The fraction of sp³-hybridized carbons (Fsp3) is 0.341. The fourth-order valence-electron chi connectivity index (χ4n) is 8.54. The van der Waals surface area contributed by atoms with Gasteiger partial charge in [-0.15, -0.1) is 0 Å². The number of piperidine rings is 1. The summed E-state index contributed by atoms with van der Waals surface area (Å²) in [6.07, 6.45) is 5.89. The first kappa shape index (κ1) is 34.6. The molecule has 0 bridgehead atoms. The van der Waals surface area contributed by atoms with Crippen molar-refractivity contribution in [1.29, 1.82) is 0 Å². The molecule has 0 spiro atoms. The molecular weight excluding hydrogens is 699 g/mol. The number of hydrogen-bond acceptors (Lipinski definition) is 11. The zero-order valence-corrected chi connectivity index (χ0v) is 30.3. The van der Waals surface area contributed by atoms with Gasteiger partial charge in [-0.25, -0.2) is 14.6 Å². The number of nitrogens with zero attached hydrogens (tertiary/aromatic N) is 7. The highest BCUT2D eigenvalue weighted by molar-refractivity contribution is 6.23. The molecule has 4 aliphatic rings. The SMILES string of the molecule is Nc1ncnc2c1c(-c1ccc(Oc3ccccc3)cc1)nn2C1CCC(CN2CCN(c3ccc4c(c3)C(=O)N(C3CCC(=O)NC3=O)C4=O)CC2)CC1. The Morgan fingerprint density at radius 2 is 1.51 bits per heavy atom. The van der Waals surface area contributed by atoms with E-state index in [0.717, 1.165) is 103 Å². The van der Waals surface area contributed by atoms with Crippen molar-refractivity contribution in [3.05, 3.63) is 90.3 Å². The van der Waals surface area contributed by atoms with Crippen LogP contribution in [0.5, 0.6) is 11.5 Å². The van der Waals surface area contributed by atoms with E-state index < -0.39 is 23.8 Å². The number of para-hydroxylation sites is 1. The normalized spacial score (nSPS) is 21.9. The van der Waals surface area contributed by atoms with Crippen molar-refractivity contribution in [2.24, 2.45) is 5.92 Å². The molecule has 14 nitrogen and oxygen atoms in total. The van der Waals surface area contributed by atoms with Crippen LogP contribution in [0.25, 0.3) is 22.3 Å². The number of ether oxygens (including phenoxy) is 1. The Kier molecular flexibility index (Phi) is 8.97. The summed E-state index contributed by atoms with van der Waals surface area (Å²) in [4.78, 5) is 65.3. The molecule has 55 heavy (non-hydrogen) atoms. The van der Waals surface area contributed by atoms with Crippen LogP contribution >= 0.6 is 0 Å². The third kappa shape index (κ3) is 6.56. The lowest BCUT2D eigenvalue weighted by Crippen LogP contribution is -2.54. The van der Waals surface area contributed by atoms with Crippen LogP contribution in [0.1, 0.15) is 65.3 Å². The molecule has 2 saturated heterocycles. The number of carbonyl (C=O) groups is 4. The Bertz CT molecular complexity index is 2290. The van der Waals surface area contributed by atoms with Crippen LogP contribution in [0, 0.1) is 5.92 Å². The van der Waals surface area contributed by atoms with Gasteiger partial charge in [0.15, 0.2) is 5.65 Å². The van der Waals surface area contributed by atoms with Crippen LogP contribution in [0.4, 0.5) is 11.5 Å². The maximum Gasteiger partial charge on any atom is 0.262 e. The molecule has 4 amide bonds. The number of amides is 4. The quantitative estimate of drug-likeness (QED) is 0.209. The first-order valence-corrected chi connectivity index (χ1v) is 19.0. The molecule has 3 aliphatic heterocycles. The van der Waals surface area contributed by atoms with Gasteiger partial charge >= 0.3 is 0 Å². The summed E-state index contributed by atoms with van der Waals surface area (Å²) >= 11 is 0.